The Morgan fingerprint density at radius 2 is 2.33 bits per heavy atom. The predicted molar refractivity (Wildman–Crippen MR) is 62.6 cm³/mol. The average Bonchev–Trinajstić information content (AvgIpc) is 2.40. The van der Waals surface area contributed by atoms with E-state index in [4.69, 9.17) is 11.6 Å². The molecular weight excluding hydrogens is 212 g/mol. The topological polar surface area (TPSA) is 32.3 Å². The number of fused-ring (bicyclic) bond motifs is 1. The molecule has 1 aromatic carbocycles. The summed E-state index contributed by atoms with van der Waals surface area (Å²) >= 11 is 6.08. The lowest BCUT2D eigenvalue weighted by atomic mass is 10.2. The van der Waals surface area contributed by atoms with E-state index in [1.807, 2.05) is 18.2 Å². The molecule has 2 rings (SSSR count). The quantitative estimate of drug-likeness (QED) is 0.735. The van der Waals surface area contributed by atoms with E-state index in [9.17, 15) is 4.79 Å². The maximum atomic E-state index is 11.5. The minimum absolute atomic E-state index is 0.0576. The fraction of sp³-hybridized carbons (Fsp3) is 0.364. The lowest BCUT2D eigenvalue weighted by Crippen LogP contribution is -2.28. The van der Waals surface area contributed by atoms with Crippen LogP contribution in [0.2, 0.25) is 5.02 Å². The van der Waals surface area contributed by atoms with Crippen molar-refractivity contribution in [2.75, 3.05) is 23.3 Å². The summed E-state index contributed by atoms with van der Waals surface area (Å²) < 4.78 is 0. The van der Waals surface area contributed by atoms with Gasteiger partial charge in [0, 0.05) is 20.0 Å². The number of carbonyl (C=O) groups is 1. The van der Waals surface area contributed by atoms with E-state index >= 15 is 0 Å². The third-order valence-corrected chi connectivity index (χ3v) is 2.84. The Kier molecular flexibility index (Phi) is 2.82. The first-order valence-corrected chi connectivity index (χ1v) is 5.38. The summed E-state index contributed by atoms with van der Waals surface area (Å²) in [5, 5.41) is 3.92. The number of carbonyl (C=O) groups excluding carboxylic acids is 1. The zero-order valence-corrected chi connectivity index (χ0v) is 9.34. The minimum Gasteiger partial charge on any atom is -0.382 e. The van der Waals surface area contributed by atoms with Gasteiger partial charge in [-0.1, -0.05) is 17.7 Å². The van der Waals surface area contributed by atoms with Gasteiger partial charge in [0.25, 0.3) is 0 Å². The molecular formula is C11H13ClN2O. The van der Waals surface area contributed by atoms with Gasteiger partial charge in [0.15, 0.2) is 0 Å². The summed E-state index contributed by atoms with van der Waals surface area (Å²) in [5.41, 5.74) is 1.75. The first kappa shape index (κ1) is 10.3. The Hall–Kier alpha value is -1.22. The molecule has 1 aromatic rings. The van der Waals surface area contributed by atoms with Crippen LogP contribution in [0.25, 0.3) is 0 Å². The second kappa shape index (κ2) is 4.11. The molecule has 1 heterocycles. The second-order valence-corrected chi connectivity index (χ2v) is 3.99. The van der Waals surface area contributed by atoms with Gasteiger partial charge >= 0.3 is 0 Å². The molecule has 0 aromatic heterocycles. The summed E-state index contributed by atoms with van der Waals surface area (Å²) in [4.78, 5) is 13.2. The van der Waals surface area contributed by atoms with Crippen LogP contribution in [0, 0.1) is 0 Å². The molecule has 80 valence electrons. The van der Waals surface area contributed by atoms with Gasteiger partial charge in [-0.2, -0.15) is 0 Å². The third-order valence-electron chi connectivity index (χ3n) is 2.52. The summed E-state index contributed by atoms with van der Waals surface area (Å²) in [6, 6.07) is 5.61. The van der Waals surface area contributed by atoms with E-state index in [1.165, 1.54) is 0 Å². The van der Waals surface area contributed by atoms with Gasteiger partial charge in [0.05, 0.1) is 16.4 Å². The Morgan fingerprint density at radius 3 is 3.07 bits per heavy atom. The van der Waals surface area contributed by atoms with Crippen molar-refractivity contribution in [2.45, 2.75) is 13.3 Å². The van der Waals surface area contributed by atoms with Gasteiger partial charge in [-0.15, -0.1) is 0 Å². The molecule has 0 fully saturated rings. The molecule has 0 bridgehead atoms. The van der Waals surface area contributed by atoms with Crippen LogP contribution in [0.4, 0.5) is 11.4 Å². The average molecular weight is 225 g/mol. The van der Waals surface area contributed by atoms with Crippen molar-refractivity contribution in [1.82, 2.24) is 0 Å². The van der Waals surface area contributed by atoms with E-state index < -0.39 is 0 Å². The molecule has 3 nitrogen and oxygen atoms in total. The Bertz CT molecular complexity index is 392. The predicted octanol–water partition coefficient (Wildman–Crippen LogP) is 2.51. The van der Waals surface area contributed by atoms with Crippen molar-refractivity contribution >= 4 is 28.9 Å². The number of nitrogens with one attached hydrogen (secondary N) is 1. The number of para-hydroxylation sites is 1. The molecule has 0 aliphatic carbocycles. The van der Waals surface area contributed by atoms with Crippen LogP contribution < -0.4 is 10.2 Å². The fourth-order valence-corrected chi connectivity index (χ4v) is 2.05. The number of halogens is 1. The monoisotopic (exact) mass is 224 g/mol. The van der Waals surface area contributed by atoms with Gasteiger partial charge in [-0.25, -0.2) is 0 Å². The van der Waals surface area contributed by atoms with Crippen molar-refractivity contribution in [3.05, 3.63) is 23.2 Å². The van der Waals surface area contributed by atoms with E-state index in [0.717, 1.165) is 30.9 Å². The number of anilines is 2. The zero-order valence-electron chi connectivity index (χ0n) is 8.59. The standard InChI is InChI=1S/C11H13ClN2O/c1-8(15)14-7-3-6-13-11-9(12)4-2-5-10(11)14/h2,4-5,13H,3,6-7H2,1H3. The summed E-state index contributed by atoms with van der Waals surface area (Å²) in [5.74, 6) is 0.0576. The van der Waals surface area contributed by atoms with Crippen LogP contribution in [0.15, 0.2) is 18.2 Å². The number of hydrogen-bond donors (Lipinski definition) is 1. The van der Waals surface area contributed by atoms with Gasteiger partial charge in [-0.05, 0) is 18.6 Å². The van der Waals surface area contributed by atoms with Gasteiger partial charge in [0.2, 0.25) is 5.91 Å². The van der Waals surface area contributed by atoms with Gasteiger partial charge < -0.3 is 10.2 Å². The molecule has 15 heavy (non-hydrogen) atoms. The maximum absolute atomic E-state index is 11.5. The van der Waals surface area contributed by atoms with Crippen molar-refractivity contribution in [2.24, 2.45) is 0 Å². The van der Waals surface area contributed by atoms with Crippen LogP contribution in [0.5, 0.6) is 0 Å². The third kappa shape index (κ3) is 1.92. The highest BCUT2D eigenvalue weighted by molar-refractivity contribution is 6.34. The summed E-state index contributed by atoms with van der Waals surface area (Å²) in [6.07, 6.45) is 0.935. The van der Waals surface area contributed by atoms with Crippen molar-refractivity contribution in [1.29, 1.82) is 0 Å². The first-order valence-electron chi connectivity index (χ1n) is 5.00. The molecule has 1 aliphatic rings. The van der Waals surface area contributed by atoms with Gasteiger partial charge in [0.1, 0.15) is 0 Å². The smallest absolute Gasteiger partial charge is 0.223 e. The molecule has 1 aliphatic heterocycles. The van der Waals surface area contributed by atoms with E-state index in [-0.39, 0.29) is 5.91 Å². The first-order chi connectivity index (χ1) is 7.20. The zero-order chi connectivity index (χ0) is 10.8. The second-order valence-electron chi connectivity index (χ2n) is 3.58. The minimum atomic E-state index is 0.0576. The summed E-state index contributed by atoms with van der Waals surface area (Å²) in [7, 11) is 0. The van der Waals surface area contributed by atoms with Crippen LogP contribution in [0.3, 0.4) is 0 Å². The number of amides is 1. The van der Waals surface area contributed by atoms with E-state index in [2.05, 4.69) is 5.32 Å². The molecule has 0 saturated heterocycles. The maximum Gasteiger partial charge on any atom is 0.223 e. The van der Waals surface area contributed by atoms with Gasteiger partial charge in [-0.3, -0.25) is 4.79 Å². The Labute approximate surface area is 94.0 Å². The molecule has 0 radical (unpaired) electrons. The highest BCUT2D eigenvalue weighted by Gasteiger charge is 2.19. The number of benzene rings is 1. The molecule has 0 atom stereocenters. The highest BCUT2D eigenvalue weighted by Crippen LogP contribution is 2.34. The van der Waals surface area contributed by atoms with Crippen molar-refractivity contribution in [3.63, 3.8) is 0 Å². The summed E-state index contributed by atoms with van der Waals surface area (Å²) in [6.45, 7) is 3.17. The largest absolute Gasteiger partial charge is 0.382 e. The molecule has 0 unspecified atom stereocenters. The van der Waals surface area contributed by atoms with Crippen LogP contribution in [0.1, 0.15) is 13.3 Å². The number of rotatable bonds is 0. The van der Waals surface area contributed by atoms with Crippen LogP contribution >= 0.6 is 11.6 Å². The van der Waals surface area contributed by atoms with Crippen molar-refractivity contribution in [3.8, 4) is 0 Å². The number of hydrogen-bond acceptors (Lipinski definition) is 2. The van der Waals surface area contributed by atoms with E-state index in [1.54, 1.807) is 11.8 Å². The number of nitrogens with zero attached hydrogens (tertiary/aromatic N) is 1. The Balaban J connectivity index is 2.49. The van der Waals surface area contributed by atoms with Crippen molar-refractivity contribution < 1.29 is 4.79 Å². The van der Waals surface area contributed by atoms with Crippen LogP contribution in [-0.4, -0.2) is 19.0 Å². The highest BCUT2D eigenvalue weighted by atomic mass is 35.5. The molecule has 1 N–H and O–H groups in total. The lowest BCUT2D eigenvalue weighted by Gasteiger charge is -2.20. The molecule has 0 saturated carbocycles. The SMILES string of the molecule is CC(=O)N1CCCNc2c(Cl)cccc21. The Morgan fingerprint density at radius 1 is 1.53 bits per heavy atom. The lowest BCUT2D eigenvalue weighted by molar-refractivity contribution is -0.116. The normalized spacial score (nSPS) is 15.2. The molecule has 4 heteroatoms. The molecule has 1 amide bonds. The van der Waals surface area contributed by atoms with Crippen LogP contribution in [-0.2, 0) is 4.79 Å². The van der Waals surface area contributed by atoms with E-state index in [0.29, 0.717) is 5.02 Å². The fourth-order valence-electron chi connectivity index (χ4n) is 1.81. The molecule has 0 spiro atoms.